The van der Waals surface area contributed by atoms with E-state index < -0.39 is 17.3 Å². The second-order valence-corrected chi connectivity index (χ2v) is 9.22. The van der Waals surface area contributed by atoms with Gasteiger partial charge in [0.25, 0.3) is 5.92 Å². The van der Waals surface area contributed by atoms with Crippen molar-refractivity contribution in [1.29, 1.82) is 0 Å². The summed E-state index contributed by atoms with van der Waals surface area (Å²) in [6.07, 6.45) is 3.32. The molecule has 0 aliphatic carbocycles. The van der Waals surface area contributed by atoms with Crippen LogP contribution in [0.1, 0.15) is 44.2 Å². The molecule has 1 aromatic carbocycles. The second kappa shape index (κ2) is 9.88. The van der Waals surface area contributed by atoms with Gasteiger partial charge in [0, 0.05) is 45.3 Å². The maximum absolute atomic E-state index is 14.3. The summed E-state index contributed by atoms with van der Waals surface area (Å²) < 4.78 is 41.6. The lowest BCUT2D eigenvalue weighted by Crippen LogP contribution is -2.47. The molecule has 2 fully saturated rings. The molecular formula is C23H36F3N3O. The first-order valence-corrected chi connectivity index (χ1v) is 11.2. The highest BCUT2D eigenvalue weighted by atomic mass is 19.3. The summed E-state index contributed by atoms with van der Waals surface area (Å²) in [6.45, 7) is 11.5. The number of halogens is 3. The number of rotatable bonds is 7. The van der Waals surface area contributed by atoms with E-state index in [-0.39, 0.29) is 6.10 Å². The highest BCUT2D eigenvalue weighted by molar-refractivity contribution is 5.52. The van der Waals surface area contributed by atoms with Gasteiger partial charge in [0.15, 0.2) is 0 Å². The van der Waals surface area contributed by atoms with Crippen molar-refractivity contribution in [3.05, 3.63) is 29.1 Å². The smallest absolute Gasteiger partial charge is 0.273 e. The number of β-amino-alcohol motifs (C(OH)–C–C–N with tert-alkyl or cyclic N) is 1. The Balaban J connectivity index is 1.44. The van der Waals surface area contributed by atoms with Crippen LogP contribution in [0.2, 0.25) is 0 Å². The minimum Gasteiger partial charge on any atom is -0.392 e. The molecule has 0 spiro atoms. The standard InChI is InChI=1S/C23H36F3N3O/c1-17-14-20(15-21(24)22(17)23(3,25)26)29-12-10-27(11-13-29)7-4-19-5-8-28(9-6-19)16-18(2)30/h14-15,18-19,30H,4-13,16H2,1-3H3. The Morgan fingerprint density at radius 3 is 2.23 bits per heavy atom. The Morgan fingerprint density at radius 1 is 1.07 bits per heavy atom. The molecule has 4 nitrogen and oxygen atoms in total. The normalized spacial score (nSPS) is 21.2. The average Bonchev–Trinajstić information content (AvgIpc) is 2.66. The van der Waals surface area contributed by atoms with Crippen molar-refractivity contribution in [3.8, 4) is 0 Å². The Kier molecular flexibility index (Phi) is 7.69. The minimum absolute atomic E-state index is 0.259. The average molecular weight is 428 g/mol. The number of hydrogen-bond donors (Lipinski definition) is 1. The van der Waals surface area contributed by atoms with Crippen molar-refractivity contribution >= 4 is 5.69 Å². The third kappa shape index (κ3) is 6.11. The van der Waals surface area contributed by atoms with Crippen LogP contribution in [0.4, 0.5) is 18.9 Å². The lowest BCUT2D eigenvalue weighted by atomic mass is 9.93. The van der Waals surface area contributed by atoms with Gasteiger partial charge in [-0.15, -0.1) is 0 Å². The SMILES string of the molecule is Cc1cc(N2CCN(CCC3CCN(CC(C)O)CC3)CC2)cc(F)c1C(C)(F)F. The monoisotopic (exact) mass is 427 g/mol. The molecule has 0 amide bonds. The molecule has 3 rings (SSSR count). The van der Waals surface area contributed by atoms with E-state index in [1.807, 2.05) is 6.92 Å². The first-order chi connectivity index (χ1) is 14.1. The van der Waals surface area contributed by atoms with Gasteiger partial charge < -0.3 is 14.9 Å². The number of piperidine rings is 1. The van der Waals surface area contributed by atoms with E-state index in [2.05, 4.69) is 14.7 Å². The van der Waals surface area contributed by atoms with Crippen LogP contribution >= 0.6 is 0 Å². The number of alkyl halides is 2. The van der Waals surface area contributed by atoms with Crippen molar-refractivity contribution < 1.29 is 18.3 Å². The van der Waals surface area contributed by atoms with E-state index in [4.69, 9.17) is 0 Å². The van der Waals surface area contributed by atoms with Gasteiger partial charge in [0.05, 0.1) is 11.7 Å². The predicted octanol–water partition coefficient (Wildman–Crippen LogP) is 3.85. The van der Waals surface area contributed by atoms with E-state index in [1.165, 1.54) is 25.3 Å². The zero-order valence-electron chi connectivity index (χ0n) is 18.5. The zero-order chi connectivity index (χ0) is 21.9. The molecule has 2 aliphatic heterocycles. The number of benzene rings is 1. The second-order valence-electron chi connectivity index (χ2n) is 9.22. The molecule has 1 unspecified atom stereocenters. The fourth-order valence-electron chi connectivity index (χ4n) is 4.89. The van der Waals surface area contributed by atoms with Crippen LogP contribution in [-0.2, 0) is 5.92 Å². The van der Waals surface area contributed by atoms with Crippen LogP contribution in [0.5, 0.6) is 0 Å². The highest BCUT2D eigenvalue weighted by Gasteiger charge is 2.31. The fourth-order valence-corrected chi connectivity index (χ4v) is 4.89. The number of piperazine rings is 1. The molecule has 30 heavy (non-hydrogen) atoms. The molecule has 0 bridgehead atoms. The van der Waals surface area contributed by atoms with Crippen LogP contribution in [0.15, 0.2) is 12.1 Å². The molecule has 2 saturated heterocycles. The summed E-state index contributed by atoms with van der Waals surface area (Å²) in [4.78, 5) is 6.90. The van der Waals surface area contributed by atoms with Crippen LogP contribution in [0, 0.1) is 18.7 Å². The van der Waals surface area contributed by atoms with Crippen LogP contribution in [0.25, 0.3) is 0 Å². The van der Waals surface area contributed by atoms with Crippen molar-refractivity contribution in [2.24, 2.45) is 5.92 Å². The van der Waals surface area contributed by atoms with Gasteiger partial charge in [0.1, 0.15) is 5.82 Å². The lowest BCUT2D eigenvalue weighted by Gasteiger charge is -2.38. The maximum Gasteiger partial charge on any atom is 0.273 e. The third-order valence-electron chi connectivity index (χ3n) is 6.53. The topological polar surface area (TPSA) is 30.0 Å². The first kappa shape index (κ1) is 23.4. The van der Waals surface area contributed by atoms with Crippen LogP contribution in [-0.4, -0.2) is 73.4 Å². The molecular weight excluding hydrogens is 391 g/mol. The summed E-state index contributed by atoms with van der Waals surface area (Å²) in [6, 6.07) is 2.95. The number of likely N-dealkylation sites (tertiary alicyclic amines) is 1. The molecule has 2 heterocycles. The van der Waals surface area contributed by atoms with Gasteiger partial charge in [-0.2, -0.15) is 0 Å². The number of aliphatic hydroxyl groups excluding tert-OH is 1. The summed E-state index contributed by atoms with van der Waals surface area (Å²) in [5.74, 6) is -3.24. The van der Waals surface area contributed by atoms with Gasteiger partial charge in [-0.05, 0) is 76.4 Å². The minimum atomic E-state index is -3.17. The van der Waals surface area contributed by atoms with Crippen LogP contribution < -0.4 is 4.90 Å². The number of nitrogens with zero attached hydrogens (tertiary/aromatic N) is 3. The van der Waals surface area contributed by atoms with Gasteiger partial charge in [-0.3, -0.25) is 4.90 Å². The van der Waals surface area contributed by atoms with E-state index >= 15 is 0 Å². The molecule has 7 heteroatoms. The summed E-state index contributed by atoms with van der Waals surface area (Å²) >= 11 is 0. The van der Waals surface area contributed by atoms with Gasteiger partial charge in [-0.25, -0.2) is 13.2 Å². The summed E-state index contributed by atoms with van der Waals surface area (Å²) in [7, 11) is 0. The fraction of sp³-hybridized carbons (Fsp3) is 0.739. The molecule has 0 saturated carbocycles. The molecule has 0 radical (unpaired) electrons. The number of aliphatic hydroxyl groups is 1. The number of aryl methyl sites for hydroxylation is 1. The van der Waals surface area contributed by atoms with Gasteiger partial charge in [0.2, 0.25) is 0 Å². The molecule has 2 aliphatic rings. The van der Waals surface area contributed by atoms with Gasteiger partial charge >= 0.3 is 0 Å². The first-order valence-electron chi connectivity index (χ1n) is 11.2. The van der Waals surface area contributed by atoms with E-state index in [0.29, 0.717) is 11.3 Å². The maximum atomic E-state index is 14.3. The molecule has 170 valence electrons. The highest BCUT2D eigenvalue weighted by Crippen LogP contribution is 2.34. The third-order valence-corrected chi connectivity index (χ3v) is 6.53. The Labute approximate surface area is 178 Å². The summed E-state index contributed by atoms with van der Waals surface area (Å²) in [5, 5.41) is 9.52. The number of anilines is 1. The van der Waals surface area contributed by atoms with E-state index in [9.17, 15) is 18.3 Å². The van der Waals surface area contributed by atoms with E-state index in [1.54, 1.807) is 13.0 Å². The largest absolute Gasteiger partial charge is 0.392 e. The number of hydrogen-bond acceptors (Lipinski definition) is 4. The van der Waals surface area contributed by atoms with Crippen molar-refractivity contribution in [2.45, 2.75) is 52.1 Å². The quantitative estimate of drug-likeness (QED) is 0.716. The van der Waals surface area contributed by atoms with E-state index in [0.717, 1.165) is 65.2 Å². The zero-order valence-corrected chi connectivity index (χ0v) is 18.5. The van der Waals surface area contributed by atoms with Crippen molar-refractivity contribution in [2.75, 3.05) is 57.3 Å². The Hall–Kier alpha value is -1.31. The molecule has 1 N–H and O–H groups in total. The molecule has 0 aromatic heterocycles. The summed E-state index contributed by atoms with van der Waals surface area (Å²) in [5.41, 5.74) is 0.509. The van der Waals surface area contributed by atoms with Crippen LogP contribution in [0.3, 0.4) is 0 Å². The Bertz CT molecular complexity index is 668. The van der Waals surface area contributed by atoms with Gasteiger partial charge in [-0.1, -0.05) is 0 Å². The lowest BCUT2D eigenvalue weighted by molar-refractivity contribution is 0.0131. The van der Waals surface area contributed by atoms with Crippen molar-refractivity contribution in [3.63, 3.8) is 0 Å². The Morgan fingerprint density at radius 2 is 1.70 bits per heavy atom. The predicted molar refractivity (Wildman–Crippen MR) is 115 cm³/mol. The molecule has 1 aromatic rings. The molecule has 1 atom stereocenters. The van der Waals surface area contributed by atoms with Crippen molar-refractivity contribution in [1.82, 2.24) is 9.80 Å².